The molecule has 0 radical (unpaired) electrons. The Morgan fingerprint density at radius 2 is 2.10 bits per heavy atom. The van der Waals surface area contributed by atoms with E-state index in [1.54, 1.807) is 4.90 Å². The van der Waals surface area contributed by atoms with Crippen LogP contribution in [-0.4, -0.2) is 50.4 Å². The summed E-state index contributed by atoms with van der Waals surface area (Å²) in [5.41, 5.74) is 2.33. The van der Waals surface area contributed by atoms with Crippen LogP contribution in [0, 0.1) is 13.8 Å². The van der Waals surface area contributed by atoms with Crippen LogP contribution in [0.15, 0.2) is 18.2 Å². The molecule has 2 amide bonds. The summed E-state index contributed by atoms with van der Waals surface area (Å²) < 4.78 is 10.9. The van der Waals surface area contributed by atoms with Crippen molar-refractivity contribution in [3.63, 3.8) is 0 Å². The first-order valence-corrected chi connectivity index (χ1v) is 6.97. The summed E-state index contributed by atoms with van der Waals surface area (Å²) in [6.45, 7) is 7.60. The number of carbonyl (C=O) groups excluding carboxylic acids is 1. The van der Waals surface area contributed by atoms with Gasteiger partial charge in [-0.15, -0.1) is 0 Å². The van der Waals surface area contributed by atoms with E-state index in [0.717, 1.165) is 11.3 Å². The summed E-state index contributed by atoms with van der Waals surface area (Å²) in [7, 11) is 0. The highest BCUT2D eigenvalue weighted by Gasteiger charge is 2.15. The lowest BCUT2D eigenvalue weighted by Crippen LogP contribution is -2.47. The van der Waals surface area contributed by atoms with E-state index in [4.69, 9.17) is 9.47 Å². The number of rotatable bonds is 4. The Morgan fingerprint density at radius 3 is 2.80 bits per heavy atom. The molecule has 0 bridgehead atoms. The Bertz CT molecular complexity index is 456. The number of hydrogen-bond donors (Lipinski definition) is 1. The van der Waals surface area contributed by atoms with Gasteiger partial charge in [-0.05, 0) is 25.5 Å². The molecule has 1 saturated heterocycles. The van der Waals surface area contributed by atoms with E-state index >= 15 is 0 Å². The molecule has 0 unspecified atom stereocenters. The largest absolute Gasteiger partial charge is 0.491 e. The topological polar surface area (TPSA) is 50.8 Å². The predicted molar refractivity (Wildman–Crippen MR) is 77.2 cm³/mol. The van der Waals surface area contributed by atoms with Crippen LogP contribution in [0.3, 0.4) is 0 Å². The van der Waals surface area contributed by atoms with Crippen LogP contribution in [0.1, 0.15) is 11.1 Å². The molecule has 1 fully saturated rings. The van der Waals surface area contributed by atoms with Crippen LogP contribution in [0.5, 0.6) is 5.75 Å². The van der Waals surface area contributed by atoms with Gasteiger partial charge in [0.1, 0.15) is 12.4 Å². The number of nitrogens with zero attached hydrogens (tertiary/aromatic N) is 1. The highest BCUT2D eigenvalue weighted by atomic mass is 16.5. The minimum atomic E-state index is -0.0440. The SMILES string of the molecule is Cc1ccc(OCCNC(=O)N2CCOCC2)c(C)c1. The number of morpholine rings is 1. The third-order valence-electron chi connectivity index (χ3n) is 3.26. The van der Waals surface area contributed by atoms with Crippen molar-refractivity contribution in [2.75, 3.05) is 39.5 Å². The van der Waals surface area contributed by atoms with Crippen molar-refractivity contribution in [2.45, 2.75) is 13.8 Å². The Morgan fingerprint density at radius 1 is 1.35 bits per heavy atom. The summed E-state index contributed by atoms with van der Waals surface area (Å²) in [5, 5.41) is 2.86. The molecule has 1 aromatic rings. The van der Waals surface area contributed by atoms with Crippen LogP contribution in [-0.2, 0) is 4.74 Å². The fourth-order valence-corrected chi connectivity index (χ4v) is 2.16. The predicted octanol–water partition coefficient (Wildman–Crippen LogP) is 1.72. The smallest absolute Gasteiger partial charge is 0.317 e. The van der Waals surface area contributed by atoms with Crippen molar-refractivity contribution in [3.8, 4) is 5.75 Å². The average molecular weight is 278 g/mol. The summed E-state index contributed by atoms with van der Waals surface area (Å²) in [4.78, 5) is 13.6. The molecule has 0 aliphatic carbocycles. The quantitative estimate of drug-likeness (QED) is 0.853. The number of aryl methyl sites for hydroxylation is 2. The first-order valence-electron chi connectivity index (χ1n) is 6.97. The zero-order valence-corrected chi connectivity index (χ0v) is 12.1. The van der Waals surface area contributed by atoms with Crippen molar-refractivity contribution in [2.24, 2.45) is 0 Å². The van der Waals surface area contributed by atoms with Crippen LogP contribution in [0.4, 0.5) is 4.79 Å². The van der Waals surface area contributed by atoms with Gasteiger partial charge in [0, 0.05) is 13.1 Å². The number of benzene rings is 1. The standard InChI is InChI=1S/C15H22N2O3/c1-12-3-4-14(13(2)11-12)20-8-5-16-15(18)17-6-9-19-10-7-17/h3-4,11H,5-10H2,1-2H3,(H,16,18). The highest BCUT2D eigenvalue weighted by molar-refractivity contribution is 5.74. The van der Waals surface area contributed by atoms with E-state index in [1.165, 1.54) is 5.56 Å². The van der Waals surface area contributed by atoms with E-state index in [-0.39, 0.29) is 6.03 Å². The van der Waals surface area contributed by atoms with Gasteiger partial charge in [0.2, 0.25) is 0 Å². The first-order chi connectivity index (χ1) is 9.66. The molecular formula is C15H22N2O3. The highest BCUT2D eigenvalue weighted by Crippen LogP contribution is 2.18. The van der Waals surface area contributed by atoms with E-state index in [1.807, 2.05) is 19.1 Å². The molecule has 110 valence electrons. The van der Waals surface area contributed by atoms with Crippen LogP contribution in [0.25, 0.3) is 0 Å². The van der Waals surface area contributed by atoms with Gasteiger partial charge in [-0.25, -0.2) is 4.79 Å². The molecule has 1 heterocycles. The lowest BCUT2D eigenvalue weighted by molar-refractivity contribution is 0.0530. The van der Waals surface area contributed by atoms with Crippen molar-refractivity contribution in [1.29, 1.82) is 0 Å². The molecule has 1 aliphatic rings. The summed E-state index contributed by atoms with van der Waals surface area (Å²) in [5.74, 6) is 0.872. The first kappa shape index (κ1) is 14.7. The average Bonchev–Trinajstić information content (AvgIpc) is 2.46. The molecular weight excluding hydrogens is 256 g/mol. The molecule has 0 atom stereocenters. The minimum Gasteiger partial charge on any atom is -0.491 e. The molecule has 0 saturated carbocycles. The molecule has 0 aromatic heterocycles. The molecule has 1 aromatic carbocycles. The van der Waals surface area contributed by atoms with Crippen LogP contribution < -0.4 is 10.1 Å². The van der Waals surface area contributed by atoms with Gasteiger partial charge in [-0.1, -0.05) is 17.7 Å². The molecule has 0 spiro atoms. The van der Waals surface area contributed by atoms with Crippen LogP contribution in [0.2, 0.25) is 0 Å². The summed E-state index contributed by atoms with van der Waals surface area (Å²) >= 11 is 0. The monoisotopic (exact) mass is 278 g/mol. The van der Waals surface area contributed by atoms with Gasteiger partial charge >= 0.3 is 6.03 Å². The number of ether oxygens (including phenoxy) is 2. The number of nitrogens with one attached hydrogen (secondary N) is 1. The fourth-order valence-electron chi connectivity index (χ4n) is 2.16. The van der Waals surface area contributed by atoms with Gasteiger partial charge in [0.15, 0.2) is 0 Å². The molecule has 1 N–H and O–H groups in total. The maximum absolute atomic E-state index is 11.8. The van der Waals surface area contributed by atoms with E-state index in [2.05, 4.69) is 18.3 Å². The van der Waals surface area contributed by atoms with Gasteiger partial charge in [-0.2, -0.15) is 0 Å². The Labute approximate surface area is 119 Å². The van der Waals surface area contributed by atoms with Gasteiger partial charge in [0.05, 0.1) is 19.8 Å². The van der Waals surface area contributed by atoms with E-state index < -0.39 is 0 Å². The number of carbonyl (C=O) groups is 1. The zero-order chi connectivity index (χ0) is 14.4. The summed E-state index contributed by atoms with van der Waals surface area (Å²) in [6.07, 6.45) is 0. The van der Waals surface area contributed by atoms with Crippen molar-refractivity contribution in [1.82, 2.24) is 10.2 Å². The number of amides is 2. The molecule has 20 heavy (non-hydrogen) atoms. The summed E-state index contributed by atoms with van der Waals surface area (Å²) in [6, 6.07) is 6.03. The zero-order valence-electron chi connectivity index (χ0n) is 12.1. The second-order valence-electron chi connectivity index (χ2n) is 4.95. The normalized spacial score (nSPS) is 15.0. The molecule has 2 rings (SSSR count). The van der Waals surface area contributed by atoms with Crippen molar-refractivity contribution >= 4 is 6.03 Å². The van der Waals surface area contributed by atoms with Gasteiger partial charge in [-0.3, -0.25) is 0 Å². The van der Waals surface area contributed by atoms with Gasteiger partial charge < -0.3 is 19.7 Å². The van der Waals surface area contributed by atoms with E-state index in [0.29, 0.717) is 39.5 Å². The third kappa shape index (κ3) is 4.13. The number of urea groups is 1. The fraction of sp³-hybridized carbons (Fsp3) is 0.533. The van der Waals surface area contributed by atoms with Crippen LogP contribution >= 0.6 is 0 Å². The third-order valence-corrected chi connectivity index (χ3v) is 3.26. The second-order valence-corrected chi connectivity index (χ2v) is 4.95. The molecule has 5 heteroatoms. The Balaban J connectivity index is 1.69. The van der Waals surface area contributed by atoms with E-state index in [9.17, 15) is 4.79 Å². The Hall–Kier alpha value is -1.75. The lowest BCUT2D eigenvalue weighted by Gasteiger charge is -2.26. The molecule has 5 nitrogen and oxygen atoms in total. The maximum Gasteiger partial charge on any atom is 0.317 e. The minimum absolute atomic E-state index is 0.0440. The van der Waals surface area contributed by atoms with Gasteiger partial charge in [0.25, 0.3) is 0 Å². The maximum atomic E-state index is 11.8. The lowest BCUT2D eigenvalue weighted by atomic mass is 10.1. The number of hydrogen-bond acceptors (Lipinski definition) is 3. The van der Waals surface area contributed by atoms with Crippen molar-refractivity contribution in [3.05, 3.63) is 29.3 Å². The Kier molecular flexibility index (Phi) is 5.24. The van der Waals surface area contributed by atoms with Crippen molar-refractivity contribution < 1.29 is 14.3 Å². The second kappa shape index (κ2) is 7.14. The molecule has 1 aliphatic heterocycles.